The van der Waals surface area contributed by atoms with Crippen LogP contribution in [0.3, 0.4) is 0 Å². The fourth-order valence-electron chi connectivity index (χ4n) is 2.61. The molecule has 18 heavy (non-hydrogen) atoms. The first-order chi connectivity index (χ1) is 8.67. The van der Waals surface area contributed by atoms with Gasteiger partial charge in [0, 0.05) is 13.1 Å². The largest absolute Gasteiger partial charge is 0.480 e. The zero-order valence-corrected chi connectivity index (χ0v) is 12.4. The van der Waals surface area contributed by atoms with Gasteiger partial charge in [0.25, 0.3) is 0 Å². The number of hydrogen-bond donors (Lipinski definition) is 1. The molecule has 2 atom stereocenters. The van der Waals surface area contributed by atoms with Gasteiger partial charge in [-0.1, -0.05) is 6.42 Å². The number of nitrogens with zero attached hydrogens (tertiary/aromatic N) is 3. The van der Waals surface area contributed by atoms with Crippen molar-refractivity contribution in [3.8, 4) is 5.88 Å². The third kappa shape index (κ3) is 2.59. The first-order valence-corrected chi connectivity index (χ1v) is 6.96. The van der Waals surface area contributed by atoms with E-state index in [1.54, 1.807) is 13.3 Å². The van der Waals surface area contributed by atoms with Gasteiger partial charge in [-0.15, -0.1) is 0 Å². The number of nitrogens with two attached hydrogens (primary N) is 1. The number of halogens is 1. The number of methoxy groups -OCH3 is 1. The van der Waals surface area contributed by atoms with E-state index in [1.165, 1.54) is 12.8 Å². The molecule has 1 aliphatic rings. The molecule has 0 amide bonds. The van der Waals surface area contributed by atoms with E-state index in [9.17, 15) is 0 Å². The van der Waals surface area contributed by atoms with Crippen molar-refractivity contribution in [1.82, 2.24) is 9.97 Å². The van der Waals surface area contributed by atoms with E-state index in [0.29, 0.717) is 23.8 Å². The van der Waals surface area contributed by atoms with Gasteiger partial charge in [0.1, 0.15) is 0 Å². The summed E-state index contributed by atoms with van der Waals surface area (Å²) < 4.78 is 5.97. The number of anilines is 1. The van der Waals surface area contributed by atoms with Crippen molar-refractivity contribution in [1.29, 1.82) is 0 Å². The van der Waals surface area contributed by atoms with Crippen LogP contribution in [0.15, 0.2) is 10.7 Å². The van der Waals surface area contributed by atoms with Crippen molar-refractivity contribution in [3.63, 3.8) is 0 Å². The maximum absolute atomic E-state index is 5.82. The lowest BCUT2D eigenvalue weighted by Gasteiger charge is -2.29. The summed E-state index contributed by atoms with van der Waals surface area (Å²) in [7, 11) is 3.64. The molecule has 1 aromatic heterocycles. The number of aromatic nitrogens is 2. The Balaban J connectivity index is 2.20. The molecule has 100 valence electrons. The molecular formula is C12H19BrN4O. The van der Waals surface area contributed by atoms with Crippen LogP contribution < -0.4 is 15.4 Å². The molecule has 6 heteroatoms. The average Bonchev–Trinajstić information content (AvgIpc) is 2.86. The molecule has 0 bridgehead atoms. The molecule has 1 saturated carbocycles. The first-order valence-electron chi connectivity index (χ1n) is 6.16. The van der Waals surface area contributed by atoms with E-state index >= 15 is 0 Å². The summed E-state index contributed by atoms with van der Waals surface area (Å²) in [4.78, 5) is 10.9. The Hall–Kier alpha value is -0.880. The highest BCUT2D eigenvalue weighted by Crippen LogP contribution is 2.31. The van der Waals surface area contributed by atoms with Crippen molar-refractivity contribution in [2.24, 2.45) is 11.7 Å². The highest BCUT2D eigenvalue weighted by Gasteiger charge is 2.30. The molecule has 0 saturated heterocycles. The quantitative estimate of drug-likeness (QED) is 0.918. The fourth-order valence-corrected chi connectivity index (χ4v) is 2.96. The zero-order chi connectivity index (χ0) is 13.1. The monoisotopic (exact) mass is 314 g/mol. The van der Waals surface area contributed by atoms with Crippen LogP contribution in [-0.2, 0) is 0 Å². The van der Waals surface area contributed by atoms with E-state index in [1.807, 2.05) is 7.05 Å². The lowest BCUT2D eigenvalue weighted by molar-refractivity contribution is 0.392. The number of rotatable bonds is 4. The summed E-state index contributed by atoms with van der Waals surface area (Å²) >= 11 is 3.36. The van der Waals surface area contributed by atoms with Crippen LogP contribution in [0.2, 0.25) is 0 Å². The predicted octanol–water partition coefficient (Wildman–Crippen LogP) is 1.81. The summed E-state index contributed by atoms with van der Waals surface area (Å²) in [5.74, 6) is 1.79. The highest BCUT2D eigenvalue weighted by atomic mass is 79.9. The Morgan fingerprint density at radius 2 is 2.33 bits per heavy atom. The molecule has 0 radical (unpaired) electrons. The molecule has 1 heterocycles. The molecule has 0 aromatic carbocycles. The fraction of sp³-hybridized carbons (Fsp3) is 0.667. The normalized spacial score (nSPS) is 23.1. The van der Waals surface area contributed by atoms with Crippen LogP contribution in [0, 0.1) is 5.92 Å². The third-order valence-corrected chi connectivity index (χ3v) is 4.17. The van der Waals surface area contributed by atoms with Gasteiger partial charge in [-0.25, -0.2) is 4.98 Å². The Kier molecular flexibility index (Phi) is 4.40. The van der Waals surface area contributed by atoms with Gasteiger partial charge in [0.15, 0.2) is 0 Å². The minimum Gasteiger partial charge on any atom is -0.480 e. The van der Waals surface area contributed by atoms with Crippen LogP contribution in [-0.4, -0.2) is 36.7 Å². The second kappa shape index (κ2) is 5.84. The van der Waals surface area contributed by atoms with Gasteiger partial charge in [0.05, 0.1) is 17.8 Å². The molecule has 1 aliphatic carbocycles. The Labute approximate surface area is 116 Å². The smallest absolute Gasteiger partial charge is 0.232 e. The molecule has 2 N–H and O–H groups in total. The van der Waals surface area contributed by atoms with E-state index in [2.05, 4.69) is 30.8 Å². The summed E-state index contributed by atoms with van der Waals surface area (Å²) in [6, 6.07) is 0.431. The Bertz CT molecular complexity index is 415. The van der Waals surface area contributed by atoms with Crippen LogP contribution in [0.5, 0.6) is 5.88 Å². The molecule has 0 aliphatic heterocycles. The van der Waals surface area contributed by atoms with E-state index in [0.717, 1.165) is 17.4 Å². The predicted molar refractivity (Wildman–Crippen MR) is 74.9 cm³/mol. The van der Waals surface area contributed by atoms with Crippen LogP contribution in [0.4, 0.5) is 5.95 Å². The van der Waals surface area contributed by atoms with Crippen molar-refractivity contribution >= 4 is 21.9 Å². The zero-order valence-electron chi connectivity index (χ0n) is 10.8. The standard InChI is InChI=1S/C12H19BrN4O/c1-17(10-5-3-4-8(10)6-14)12-15-7-9(13)11(16-12)18-2/h7-8,10H,3-6,14H2,1-2H3. The first kappa shape index (κ1) is 13.5. The second-order valence-electron chi connectivity index (χ2n) is 4.63. The lowest BCUT2D eigenvalue weighted by atomic mass is 10.0. The number of ether oxygens (including phenoxy) is 1. The maximum atomic E-state index is 5.82. The van der Waals surface area contributed by atoms with E-state index in [4.69, 9.17) is 10.5 Å². The number of hydrogen-bond acceptors (Lipinski definition) is 5. The van der Waals surface area contributed by atoms with Crippen molar-refractivity contribution < 1.29 is 4.74 Å². The molecule has 2 unspecified atom stereocenters. The maximum Gasteiger partial charge on any atom is 0.232 e. The van der Waals surface area contributed by atoms with Gasteiger partial charge in [-0.2, -0.15) is 4.98 Å². The van der Waals surface area contributed by atoms with Crippen LogP contribution in [0.25, 0.3) is 0 Å². The second-order valence-corrected chi connectivity index (χ2v) is 5.49. The summed E-state index contributed by atoms with van der Waals surface area (Å²) in [5.41, 5.74) is 5.82. The molecule has 1 aromatic rings. The molecule has 0 spiro atoms. The summed E-state index contributed by atoms with van der Waals surface area (Å²) in [6.45, 7) is 0.725. The minimum atomic E-state index is 0.431. The highest BCUT2D eigenvalue weighted by molar-refractivity contribution is 9.10. The van der Waals surface area contributed by atoms with E-state index in [-0.39, 0.29) is 0 Å². The van der Waals surface area contributed by atoms with Gasteiger partial charge in [-0.05, 0) is 41.2 Å². The third-order valence-electron chi connectivity index (χ3n) is 3.63. The molecule has 2 rings (SSSR count). The molecule has 5 nitrogen and oxygen atoms in total. The van der Waals surface area contributed by atoms with Gasteiger partial charge in [0.2, 0.25) is 11.8 Å². The molecule has 1 fully saturated rings. The SMILES string of the molecule is COc1nc(N(C)C2CCCC2CN)ncc1Br. The molecular weight excluding hydrogens is 296 g/mol. The van der Waals surface area contributed by atoms with Gasteiger partial charge in [-0.3, -0.25) is 0 Å². The minimum absolute atomic E-state index is 0.431. The van der Waals surface area contributed by atoms with Gasteiger partial charge >= 0.3 is 0 Å². The Morgan fingerprint density at radius 3 is 3.00 bits per heavy atom. The van der Waals surface area contributed by atoms with Crippen molar-refractivity contribution in [2.45, 2.75) is 25.3 Å². The summed E-state index contributed by atoms with van der Waals surface area (Å²) in [5, 5.41) is 0. The van der Waals surface area contributed by atoms with E-state index < -0.39 is 0 Å². The van der Waals surface area contributed by atoms with Crippen molar-refractivity contribution in [2.75, 3.05) is 25.6 Å². The van der Waals surface area contributed by atoms with Gasteiger partial charge < -0.3 is 15.4 Å². The van der Waals surface area contributed by atoms with Crippen LogP contribution in [0.1, 0.15) is 19.3 Å². The van der Waals surface area contributed by atoms with Crippen LogP contribution >= 0.6 is 15.9 Å². The van der Waals surface area contributed by atoms with Crippen molar-refractivity contribution in [3.05, 3.63) is 10.7 Å². The topological polar surface area (TPSA) is 64.3 Å². The Morgan fingerprint density at radius 1 is 1.56 bits per heavy atom. The summed E-state index contributed by atoms with van der Waals surface area (Å²) in [6.07, 6.45) is 5.30. The average molecular weight is 315 g/mol. The lowest BCUT2D eigenvalue weighted by Crippen LogP contribution is -2.38.